The Morgan fingerprint density at radius 3 is 2.08 bits per heavy atom. The van der Waals surface area contributed by atoms with Gasteiger partial charge in [-0.2, -0.15) is 5.06 Å². The van der Waals surface area contributed by atoms with Gasteiger partial charge >= 0.3 is 0 Å². The molecule has 0 aromatic carbocycles. The summed E-state index contributed by atoms with van der Waals surface area (Å²) in [6.45, 7) is 15.6. The Kier molecular flexibility index (Phi) is 9.41. The second-order valence-corrected chi connectivity index (χ2v) is 9.09. The monoisotopic (exact) mass is 358 g/mol. The van der Waals surface area contributed by atoms with Gasteiger partial charge in [-0.15, -0.1) is 0 Å². The predicted molar refractivity (Wildman–Crippen MR) is 100 cm³/mol. The zero-order valence-electron chi connectivity index (χ0n) is 16.8. The quantitative estimate of drug-likeness (QED) is 0.349. The first-order chi connectivity index (χ1) is 11.3. The molecule has 1 aliphatic rings. The van der Waals surface area contributed by atoms with Gasteiger partial charge in [0, 0.05) is 30.3 Å². The molecule has 0 unspecified atom stereocenters. The van der Waals surface area contributed by atoms with Crippen LogP contribution in [0.15, 0.2) is 0 Å². The van der Waals surface area contributed by atoms with E-state index in [0.717, 1.165) is 38.6 Å². The fraction of sp³-hybridized carbons (Fsp3) is 1.00. The molecule has 0 spiro atoms. The molecule has 6 heteroatoms. The number of piperidine rings is 1. The Morgan fingerprint density at radius 1 is 1.08 bits per heavy atom. The number of hydrogen-bond acceptors (Lipinski definition) is 5. The molecule has 24 heavy (non-hydrogen) atoms. The molecule has 0 bridgehead atoms. The van der Waals surface area contributed by atoms with E-state index >= 15 is 0 Å². The molecule has 0 aromatic heterocycles. The molecular weight excluding hydrogens is 320 g/mol. The van der Waals surface area contributed by atoms with Crippen molar-refractivity contribution in [2.45, 2.75) is 89.9 Å². The highest BCUT2D eigenvalue weighted by atomic mass is 28.2. The van der Waals surface area contributed by atoms with Crippen molar-refractivity contribution in [3.63, 3.8) is 0 Å². The molecule has 1 heterocycles. The average molecular weight is 359 g/mol. The summed E-state index contributed by atoms with van der Waals surface area (Å²) < 4.78 is 11.2. The van der Waals surface area contributed by atoms with Gasteiger partial charge in [-0.3, -0.25) is 0 Å². The van der Waals surface area contributed by atoms with Crippen molar-refractivity contribution >= 4 is 9.52 Å². The molecule has 1 aliphatic heterocycles. The third-order valence-corrected chi connectivity index (χ3v) is 5.82. The van der Waals surface area contributed by atoms with Crippen molar-refractivity contribution in [1.29, 1.82) is 0 Å². The van der Waals surface area contributed by atoms with E-state index in [-0.39, 0.29) is 17.0 Å². The lowest BCUT2D eigenvalue weighted by Gasteiger charge is -2.53. The fourth-order valence-corrected chi connectivity index (χ4v) is 5.17. The molecule has 0 aromatic rings. The Morgan fingerprint density at radius 2 is 1.62 bits per heavy atom. The van der Waals surface area contributed by atoms with Gasteiger partial charge in [-0.25, -0.2) is 0 Å². The minimum absolute atomic E-state index is 0.0113. The molecule has 0 aliphatic carbocycles. The predicted octanol–water partition coefficient (Wildman–Crippen LogP) is 3.03. The maximum absolute atomic E-state index is 5.66. The van der Waals surface area contributed by atoms with Crippen molar-refractivity contribution in [3.05, 3.63) is 0 Å². The zero-order chi connectivity index (χ0) is 18.2. The third-order valence-electron chi connectivity index (χ3n) is 4.51. The van der Waals surface area contributed by atoms with Gasteiger partial charge in [0.1, 0.15) is 15.4 Å². The van der Waals surface area contributed by atoms with E-state index in [0.29, 0.717) is 15.6 Å². The van der Waals surface area contributed by atoms with E-state index < -0.39 is 0 Å². The Bertz CT molecular complexity index is 329. The van der Waals surface area contributed by atoms with Crippen molar-refractivity contribution in [1.82, 2.24) is 10.4 Å². The van der Waals surface area contributed by atoms with Crippen LogP contribution < -0.4 is 5.32 Å². The normalized spacial score (nSPS) is 21.5. The van der Waals surface area contributed by atoms with E-state index in [1.54, 1.807) is 7.11 Å². The summed E-state index contributed by atoms with van der Waals surface area (Å²) in [5.74, 6) is -0.0113. The second-order valence-electron chi connectivity index (χ2n) is 7.71. The van der Waals surface area contributed by atoms with Crippen LogP contribution in [0.5, 0.6) is 0 Å². The number of nitrogens with one attached hydrogen (secondary N) is 1. The highest BCUT2D eigenvalue weighted by molar-refractivity contribution is 6.36. The van der Waals surface area contributed by atoms with Gasteiger partial charge in [0.05, 0.1) is 7.11 Å². The first-order valence-corrected chi connectivity index (χ1v) is 10.6. The summed E-state index contributed by atoms with van der Waals surface area (Å²) >= 11 is 0. The van der Waals surface area contributed by atoms with Crippen molar-refractivity contribution in [2.75, 3.05) is 26.9 Å². The van der Waals surface area contributed by atoms with Crippen LogP contribution in [-0.4, -0.2) is 64.5 Å². The van der Waals surface area contributed by atoms with Crippen LogP contribution in [0.1, 0.15) is 60.8 Å². The smallest absolute Gasteiger partial charge is 0.137 e. The van der Waals surface area contributed by atoms with E-state index in [1.165, 1.54) is 6.42 Å². The minimum Gasteiger partial charge on any atom is -0.357 e. The Labute approximate surface area is 151 Å². The third kappa shape index (κ3) is 6.73. The number of rotatable bonds is 11. The van der Waals surface area contributed by atoms with Gasteiger partial charge in [0.15, 0.2) is 0 Å². The summed E-state index contributed by atoms with van der Waals surface area (Å²) in [5.41, 5.74) is 0.0931. The van der Waals surface area contributed by atoms with Gasteiger partial charge < -0.3 is 19.6 Å². The fourth-order valence-electron chi connectivity index (χ4n) is 3.99. The Balaban J connectivity index is 2.33. The molecule has 0 saturated carbocycles. The van der Waals surface area contributed by atoms with Crippen LogP contribution in [0, 0.1) is 0 Å². The van der Waals surface area contributed by atoms with Gasteiger partial charge in [-0.05, 0) is 67.3 Å². The van der Waals surface area contributed by atoms with Gasteiger partial charge in [0.25, 0.3) is 0 Å². The summed E-state index contributed by atoms with van der Waals surface area (Å²) in [4.78, 5) is 5.66. The first kappa shape index (κ1) is 22.1. The van der Waals surface area contributed by atoms with Crippen LogP contribution in [0.25, 0.3) is 0 Å². The molecule has 5 nitrogen and oxygen atoms in total. The van der Waals surface area contributed by atoms with E-state index in [4.69, 9.17) is 14.3 Å². The maximum Gasteiger partial charge on any atom is 0.137 e. The molecule has 1 fully saturated rings. The molecule has 0 atom stereocenters. The molecular formula is C18H38N2O3Si. The first-order valence-electron chi connectivity index (χ1n) is 9.31. The lowest BCUT2D eigenvalue weighted by molar-refractivity contribution is -0.267. The highest BCUT2D eigenvalue weighted by Crippen LogP contribution is 2.38. The van der Waals surface area contributed by atoms with Crippen LogP contribution in [-0.2, 0) is 14.3 Å². The van der Waals surface area contributed by atoms with E-state index in [2.05, 4.69) is 38.1 Å². The average Bonchev–Trinajstić information content (AvgIpc) is 2.45. The minimum atomic E-state index is -0.0113. The summed E-state index contributed by atoms with van der Waals surface area (Å²) in [6, 6.07) is 1.70. The number of hydroxylamine groups is 2. The molecule has 2 radical (unpaired) electrons. The highest BCUT2D eigenvalue weighted by Gasteiger charge is 2.45. The lowest BCUT2D eigenvalue weighted by Crippen LogP contribution is -2.63. The number of hydrogen-bond donors (Lipinski definition) is 1. The molecule has 0 amide bonds. The lowest BCUT2D eigenvalue weighted by atomic mass is 9.79. The molecule has 142 valence electrons. The topological polar surface area (TPSA) is 43.0 Å². The number of ether oxygens (including phenoxy) is 2. The Hall–Kier alpha value is 0.0169. The summed E-state index contributed by atoms with van der Waals surface area (Å²) in [6.07, 6.45) is 3.38. The van der Waals surface area contributed by atoms with Gasteiger partial charge in [-0.1, -0.05) is 6.04 Å². The van der Waals surface area contributed by atoms with Crippen molar-refractivity contribution < 1.29 is 14.3 Å². The van der Waals surface area contributed by atoms with Gasteiger partial charge in [0.2, 0.25) is 0 Å². The standard InChI is InChI=1S/C18H38N2O3Si/c1-8-22-16(23-9-2)24-12-10-11-19-15-13-17(3,4)20(21-7)18(5,6)14-15/h15-16,19H,8-14H2,1-7H3. The van der Waals surface area contributed by atoms with Crippen molar-refractivity contribution in [3.8, 4) is 0 Å². The number of nitrogens with zero attached hydrogens (tertiary/aromatic N) is 1. The molecule has 1 N–H and O–H groups in total. The second kappa shape index (κ2) is 10.2. The summed E-state index contributed by atoms with van der Waals surface area (Å²) in [7, 11) is 2.50. The maximum atomic E-state index is 5.66. The van der Waals surface area contributed by atoms with E-state index in [1.807, 2.05) is 13.8 Å². The SMILES string of the molecule is CCOC(OCC)[Si]CCCNC1CC(C)(C)N(OC)C(C)(C)C1. The summed E-state index contributed by atoms with van der Waals surface area (Å²) in [5, 5.41) is 5.92. The molecule has 1 rings (SSSR count). The zero-order valence-corrected chi connectivity index (χ0v) is 17.8. The van der Waals surface area contributed by atoms with Crippen LogP contribution in [0.3, 0.4) is 0 Å². The van der Waals surface area contributed by atoms with Crippen LogP contribution in [0.2, 0.25) is 6.04 Å². The molecule has 1 saturated heterocycles. The van der Waals surface area contributed by atoms with Crippen LogP contribution in [0.4, 0.5) is 0 Å². The van der Waals surface area contributed by atoms with E-state index in [9.17, 15) is 0 Å². The van der Waals surface area contributed by atoms with Crippen LogP contribution >= 0.6 is 0 Å². The largest absolute Gasteiger partial charge is 0.357 e. The van der Waals surface area contributed by atoms with Crippen molar-refractivity contribution in [2.24, 2.45) is 0 Å².